The molecule has 4 aromatic rings. The Labute approximate surface area is 182 Å². The number of amides is 1. The second kappa shape index (κ2) is 9.04. The minimum atomic E-state index is -0.357. The van der Waals surface area contributed by atoms with Crippen LogP contribution in [0.1, 0.15) is 11.5 Å². The van der Waals surface area contributed by atoms with Crippen LogP contribution in [0.3, 0.4) is 0 Å². The minimum absolute atomic E-state index is 0.195. The molecule has 1 amide bonds. The van der Waals surface area contributed by atoms with Gasteiger partial charge < -0.3 is 19.3 Å². The van der Waals surface area contributed by atoms with Crippen LogP contribution in [0, 0.1) is 5.82 Å². The SMILES string of the molecule is O=C(/C=C/c1ccc(-c2ccc(F)cc2)o1)Nc1ccc(-c2ccc(CO)o2)c(Cl)c1. The lowest BCUT2D eigenvalue weighted by Crippen LogP contribution is -2.07. The third kappa shape index (κ3) is 4.94. The van der Waals surface area contributed by atoms with Gasteiger partial charge in [0.15, 0.2) is 0 Å². The summed E-state index contributed by atoms with van der Waals surface area (Å²) in [5.74, 6) is 1.35. The zero-order chi connectivity index (χ0) is 21.8. The number of benzene rings is 2. The van der Waals surface area contributed by atoms with Crippen LogP contribution in [-0.4, -0.2) is 11.0 Å². The standard InChI is InChI=1S/C24H17ClFNO4/c25-21-13-17(5-9-20(21)23-11-7-19(14-28)31-23)27-24(29)12-8-18-6-10-22(30-18)15-1-3-16(26)4-2-15/h1-13,28H,14H2,(H,27,29)/b12-8+. The molecule has 0 spiro atoms. The fraction of sp³-hybridized carbons (Fsp3) is 0.0417. The van der Waals surface area contributed by atoms with Crippen molar-refractivity contribution in [2.75, 3.05) is 5.32 Å². The maximum Gasteiger partial charge on any atom is 0.248 e. The molecule has 0 aliphatic heterocycles. The number of furan rings is 2. The van der Waals surface area contributed by atoms with Gasteiger partial charge in [-0.15, -0.1) is 0 Å². The number of aliphatic hydroxyl groups is 1. The fourth-order valence-corrected chi connectivity index (χ4v) is 3.23. The van der Waals surface area contributed by atoms with Gasteiger partial charge >= 0.3 is 0 Å². The third-order valence-corrected chi connectivity index (χ3v) is 4.79. The number of hydrogen-bond donors (Lipinski definition) is 2. The smallest absolute Gasteiger partial charge is 0.248 e. The quantitative estimate of drug-likeness (QED) is 0.355. The van der Waals surface area contributed by atoms with Crippen LogP contribution >= 0.6 is 11.6 Å². The van der Waals surface area contributed by atoms with E-state index in [4.69, 9.17) is 25.5 Å². The van der Waals surface area contributed by atoms with Crippen LogP contribution in [0.5, 0.6) is 0 Å². The van der Waals surface area contributed by atoms with Crippen LogP contribution in [-0.2, 0) is 11.4 Å². The molecule has 0 saturated carbocycles. The molecule has 0 bridgehead atoms. The van der Waals surface area contributed by atoms with Crippen LogP contribution in [0.25, 0.3) is 28.7 Å². The number of anilines is 1. The van der Waals surface area contributed by atoms with Crippen molar-refractivity contribution >= 4 is 29.3 Å². The molecule has 31 heavy (non-hydrogen) atoms. The van der Waals surface area contributed by atoms with Crippen LogP contribution in [0.2, 0.25) is 5.02 Å². The van der Waals surface area contributed by atoms with Crippen LogP contribution in [0.15, 0.2) is 81.6 Å². The molecular weight excluding hydrogens is 421 g/mol. The summed E-state index contributed by atoms with van der Waals surface area (Å²) < 4.78 is 24.2. The molecule has 0 radical (unpaired) electrons. The molecule has 4 rings (SSSR count). The summed E-state index contributed by atoms with van der Waals surface area (Å²) in [6.45, 7) is -0.195. The van der Waals surface area contributed by atoms with Gasteiger partial charge in [0, 0.05) is 22.9 Å². The zero-order valence-corrected chi connectivity index (χ0v) is 16.9. The number of carbonyl (C=O) groups is 1. The van der Waals surface area contributed by atoms with Gasteiger partial charge in [-0.2, -0.15) is 0 Å². The molecule has 5 nitrogen and oxygen atoms in total. The molecule has 2 aromatic carbocycles. The highest BCUT2D eigenvalue weighted by Gasteiger charge is 2.10. The van der Waals surface area contributed by atoms with Gasteiger partial charge in [-0.25, -0.2) is 4.39 Å². The van der Waals surface area contributed by atoms with E-state index in [2.05, 4.69) is 5.32 Å². The Kier molecular flexibility index (Phi) is 6.02. The van der Waals surface area contributed by atoms with E-state index < -0.39 is 0 Å². The van der Waals surface area contributed by atoms with Crippen molar-refractivity contribution in [3.63, 3.8) is 0 Å². The topological polar surface area (TPSA) is 75.6 Å². The van der Waals surface area contributed by atoms with Crippen molar-refractivity contribution in [2.24, 2.45) is 0 Å². The van der Waals surface area contributed by atoms with E-state index in [0.29, 0.717) is 39.3 Å². The molecule has 7 heteroatoms. The maximum absolute atomic E-state index is 13.0. The number of carbonyl (C=O) groups excluding carboxylic acids is 1. The Hall–Kier alpha value is -3.61. The summed E-state index contributed by atoms with van der Waals surface area (Å²) in [4.78, 5) is 12.2. The molecule has 2 heterocycles. The molecule has 2 aromatic heterocycles. The van der Waals surface area contributed by atoms with Crippen molar-refractivity contribution in [3.05, 3.63) is 95.2 Å². The lowest BCUT2D eigenvalue weighted by molar-refractivity contribution is -0.111. The Morgan fingerprint density at radius 1 is 1.00 bits per heavy atom. The van der Waals surface area contributed by atoms with Gasteiger partial charge in [-0.05, 0) is 72.8 Å². The minimum Gasteiger partial charge on any atom is -0.459 e. The summed E-state index contributed by atoms with van der Waals surface area (Å²) in [5, 5.41) is 12.2. The summed E-state index contributed by atoms with van der Waals surface area (Å²) in [7, 11) is 0. The Morgan fingerprint density at radius 2 is 1.77 bits per heavy atom. The van der Waals surface area contributed by atoms with E-state index in [1.807, 2.05) is 0 Å². The van der Waals surface area contributed by atoms with Gasteiger partial charge in [-0.1, -0.05) is 11.6 Å². The average molecular weight is 438 g/mol. The second-order valence-electron chi connectivity index (χ2n) is 6.65. The van der Waals surface area contributed by atoms with Crippen molar-refractivity contribution in [1.29, 1.82) is 0 Å². The summed E-state index contributed by atoms with van der Waals surface area (Å²) >= 11 is 6.31. The molecule has 0 unspecified atom stereocenters. The highest BCUT2D eigenvalue weighted by molar-refractivity contribution is 6.33. The summed E-state index contributed by atoms with van der Waals surface area (Å²) in [6, 6.07) is 17.9. The summed E-state index contributed by atoms with van der Waals surface area (Å²) in [5.41, 5.74) is 1.91. The Balaban J connectivity index is 1.41. The molecule has 156 valence electrons. The largest absolute Gasteiger partial charge is 0.459 e. The van der Waals surface area contributed by atoms with Crippen molar-refractivity contribution in [3.8, 4) is 22.6 Å². The monoisotopic (exact) mass is 437 g/mol. The van der Waals surface area contributed by atoms with Gasteiger partial charge in [0.05, 0.1) is 5.02 Å². The number of rotatable bonds is 6. The van der Waals surface area contributed by atoms with Gasteiger partial charge in [-0.3, -0.25) is 4.79 Å². The first-order valence-electron chi connectivity index (χ1n) is 9.36. The predicted molar refractivity (Wildman–Crippen MR) is 117 cm³/mol. The first kappa shape index (κ1) is 20.7. The lowest BCUT2D eigenvalue weighted by atomic mass is 10.1. The summed E-state index contributed by atoms with van der Waals surface area (Å²) in [6.07, 6.45) is 2.88. The maximum atomic E-state index is 13.0. The van der Waals surface area contributed by atoms with Crippen LogP contribution in [0.4, 0.5) is 10.1 Å². The second-order valence-corrected chi connectivity index (χ2v) is 7.06. The highest BCUT2D eigenvalue weighted by atomic mass is 35.5. The van der Waals surface area contributed by atoms with E-state index in [0.717, 1.165) is 5.56 Å². The molecule has 0 saturated heterocycles. The molecule has 0 atom stereocenters. The molecule has 0 fully saturated rings. The number of nitrogens with one attached hydrogen (secondary N) is 1. The van der Waals surface area contributed by atoms with E-state index in [9.17, 15) is 9.18 Å². The van der Waals surface area contributed by atoms with E-state index >= 15 is 0 Å². The fourth-order valence-electron chi connectivity index (χ4n) is 2.95. The van der Waals surface area contributed by atoms with Crippen molar-refractivity contribution < 1.29 is 23.1 Å². The third-order valence-electron chi connectivity index (χ3n) is 4.47. The van der Waals surface area contributed by atoms with E-state index in [1.54, 1.807) is 54.6 Å². The van der Waals surface area contributed by atoms with E-state index in [-0.39, 0.29) is 18.3 Å². The normalized spacial score (nSPS) is 11.2. The van der Waals surface area contributed by atoms with Crippen LogP contribution < -0.4 is 5.32 Å². The van der Waals surface area contributed by atoms with Gasteiger partial charge in [0.25, 0.3) is 0 Å². The number of halogens is 2. The van der Waals surface area contributed by atoms with E-state index in [1.165, 1.54) is 24.3 Å². The van der Waals surface area contributed by atoms with Gasteiger partial charge in [0.1, 0.15) is 35.5 Å². The lowest BCUT2D eigenvalue weighted by Gasteiger charge is -2.06. The van der Waals surface area contributed by atoms with Crippen molar-refractivity contribution in [2.45, 2.75) is 6.61 Å². The highest BCUT2D eigenvalue weighted by Crippen LogP contribution is 2.31. The number of aliphatic hydroxyl groups excluding tert-OH is 1. The molecule has 0 aliphatic rings. The Morgan fingerprint density at radius 3 is 2.48 bits per heavy atom. The zero-order valence-electron chi connectivity index (χ0n) is 16.1. The molecule has 2 N–H and O–H groups in total. The van der Waals surface area contributed by atoms with Crippen molar-refractivity contribution in [1.82, 2.24) is 0 Å². The number of hydrogen-bond acceptors (Lipinski definition) is 4. The molecular formula is C24H17ClFNO4. The first-order valence-corrected chi connectivity index (χ1v) is 9.74. The molecule has 0 aliphatic carbocycles. The Bertz CT molecular complexity index is 1240. The average Bonchev–Trinajstić information content (AvgIpc) is 3.43. The van der Waals surface area contributed by atoms with Gasteiger partial charge in [0.2, 0.25) is 5.91 Å². The first-order chi connectivity index (χ1) is 15.0. The predicted octanol–water partition coefficient (Wildman–Crippen LogP) is 6.14.